The SMILES string of the molecule is COC(=O)[C@H](CC(C)C)NP(=O)(OCC1(COC(=O)C(C)C)C/C1=C/n1cnc2c(=O)[nH]c(N)nc21)Oc1ccccc1. The molecule has 0 amide bonds. The number of nitrogens with two attached hydrogens (primary N) is 1. The van der Waals surface area contributed by atoms with Crippen molar-refractivity contribution in [3.63, 3.8) is 0 Å². The van der Waals surface area contributed by atoms with Crippen molar-refractivity contribution in [3.8, 4) is 5.75 Å². The van der Waals surface area contributed by atoms with Crippen LogP contribution in [0.2, 0.25) is 0 Å². The number of methoxy groups -OCH3 is 1. The first-order valence-corrected chi connectivity index (χ1v) is 15.3. The minimum Gasteiger partial charge on any atom is -0.468 e. The lowest BCUT2D eigenvalue weighted by Crippen LogP contribution is -2.38. The van der Waals surface area contributed by atoms with E-state index in [-0.39, 0.29) is 47.9 Å². The van der Waals surface area contributed by atoms with Gasteiger partial charge in [0.05, 0.1) is 25.0 Å². The Hall–Kier alpha value is -4.00. The van der Waals surface area contributed by atoms with Crippen molar-refractivity contribution in [1.29, 1.82) is 0 Å². The topological polar surface area (TPSA) is 190 Å². The van der Waals surface area contributed by atoms with Crippen molar-refractivity contribution in [3.05, 3.63) is 52.6 Å². The molecule has 3 atom stereocenters. The minimum atomic E-state index is -4.20. The Morgan fingerprint density at radius 3 is 2.56 bits per heavy atom. The van der Waals surface area contributed by atoms with E-state index in [0.717, 1.165) is 5.57 Å². The van der Waals surface area contributed by atoms with Crippen molar-refractivity contribution >= 4 is 43.0 Å². The molecule has 15 heteroatoms. The van der Waals surface area contributed by atoms with Gasteiger partial charge in [-0.25, -0.2) is 9.55 Å². The summed E-state index contributed by atoms with van der Waals surface area (Å²) in [5.41, 5.74) is 5.45. The highest BCUT2D eigenvalue weighted by Gasteiger charge is 2.52. The standard InChI is InChI=1S/C28H37N6O8P/c1-17(2)11-21(26(37)39-5)33-43(38,42-20-9-7-6-8-10-20)41-15-28(14-40-25(36)18(3)4)12-19(28)13-34-16-30-22-23(34)31-27(29)32-24(22)35/h6-10,13,16-18,21H,11-12,14-15H2,1-5H3,(H,33,38)(H3,29,31,32,35)/b19-13-/t21-,28?,43?/m0/s1. The molecule has 2 unspecified atom stereocenters. The van der Waals surface area contributed by atoms with Crippen molar-refractivity contribution in [2.75, 3.05) is 26.1 Å². The number of carbonyl (C=O) groups is 2. The maximum atomic E-state index is 14.2. The highest BCUT2D eigenvalue weighted by molar-refractivity contribution is 7.52. The fourth-order valence-electron chi connectivity index (χ4n) is 4.34. The molecule has 232 valence electrons. The van der Waals surface area contributed by atoms with E-state index >= 15 is 0 Å². The number of anilines is 1. The first kappa shape index (κ1) is 31.9. The van der Waals surface area contributed by atoms with E-state index in [0.29, 0.717) is 12.8 Å². The van der Waals surface area contributed by atoms with Gasteiger partial charge in [-0.3, -0.25) is 28.5 Å². The molecule has 0 bridgehead atoms. The van der Waals surface area contributed by atoms with Gasteiger partial charge in [0.25, 0.3) is 5.56 Å². The molecular weight excluding hydrogens is 579 g/mol. The zero-order valence-electron chi connectivity index (χ0n) is 24.7. The third-order valence-electron chi connectivity index (χ3n) is 6.78. The molecule has 43 heavy (non-hydrogen) atoms. The third-order valence-corrected chi connectivity index (χ3v) is 8.33. The van der Waals surface area contributed by atoms with Crippen LogP contribution in [0.1, 0.15) is 40.5 Å². The molecule has 0 radical (unpaired) electrons. The van der Waals surface area contributed by atoms with Crippen LogP contribution < -0.4 is 20.9 Å². The Balaban J connectivity index is 1.65. The summed E-state index contributed by atoms with van der Waals surface area (Å²) in [6.45, 7) is 6.99. The van der Waals surface area contributed by atoms with Gasteiger partial charge < -0.3 is 19.7 Å². The molecule has 1 fully saturated rings. The summed E-state index contributed by atoms with van der Waals surface area (Å²) in [7, 11) is -2.96. The van der Waals surface area contributed by atoms with Gasteiger partial charge in [0.15, 0.2) is 11.2 Å². The third kappa shape index (κ3) is 7.89. The fourth-order valence-corrected chi connectivity index (χ4v) is 5.93. The number of nitrogen functional groups attached to an aromatic ring is 1. The average Bonchev–Trinajstić information content (AvgIpc) is 3.48. The Morgan fingerprint density at radius 1 is 1.19 bits per heavy atom. The molecule has 14 nitrogen and oxygen atoms in total. The highest BCUT2D eigenvalue weighted by atomic mass is 31.2. The number of esters is 2. The Labute approximate surface area is 248 Å². The number of ether oxygens (including phenoxy) is 2. The smallest absolute Gasteiger partial charge is 0.459 e. The highest BCUT2D eigenvalue weighted by Crippen LogP contribution is 2.56. The van der Waals surface area contributed by atoms with E-state index in [4.69, 9.17) is 24.3 Å². The van der Waals surface area contributed by atoms with Gasteiger partial charge in [-0.15, -0.1) is 0 Å². The zero-order chi connectivity index (χ0) is 31.4. The van der Waals surface area contributed by atoms with Gasteiger partial charge in [-0.05, 0) is 36.5 Å². The Bertz CT molecular complexity index is 1600. The van der Waals surface area contributed by atoms with E-state index in [2.05, 4.69) is 20.0 Å². The van der Waals surface area contributed by atoms with E-state index in [1.165, 1.54) is 18.0 Å². The van der Waals surface area contributed by atoms with Crippen LogP contribution in [0.15, 0.2) is 47.0 Å². The number of fused-ring (bicyclic) bond motifs is 1. The summed E-state index contributed by atoms with van der Waals surface area (Å²) in [6.07, 6.45) is 3.82. The molecule has 3 aromatic rings. The number of carbonyl (C=O) groups excluding carboxylic acids is 2. The van der Waals surface area contributed by atoms with Gasteiger partial charge in [0, 0.05) is 6.20 Å². The molecule has 1 aromatic carbocycles. The quantitative estimate of drug-likeness (QED) is 0.177. The second kappa shape index (κ2) is 13.1. The summed E-state index contributed by atoms with van der Waals surface area (Å²) < 4.78 is 38.1. The van der Waals surface area contributed by atoms with Crippen LogP contribution in [0, 0.1) is 17.3 Å². The van der Waals surface area contributed by atoms with Crippen LogP contribution in [0.25, 0.3) is 17.4 Å². The van der Waals surface area contributed by atoms with Crippen molar-refractivity contribution in [1.82, 2.24) is 24.6 Å². The van der Waals surface area contributed by atoms with Gasteiger partial charge in [0.1, 0.15) is 24.7 Å². The summed E-state index contributed by atoms with van der Waals surface area (Å²) >= 11 is 0. The average molecular weight is 617 g/mol. The molecule has 2 heterocycles. The Kier molecular flexibility index (Phi) is 9.73. The van der Waals surface area contributed by atoms with E-state index in [9.17, 15) is 18.9 Å². The van der Waals surface area contributed by atoms with E-state index in [1.54, 1.807) is 50.4 Å². The number of rotatable bonds is 14. The number of nitrogens with zero attached hydrogens (tertiary/aromatic N) is 3. The molecule has 0 saturated heterocycles. The number of benzene rings is 1. The van der Waals surface area contributed by atoms with E-state index in [1.807, 2.05) is 13.8 Å². The zero-order valence-corrected chi connectivity index (χ0v) is 25.6. The monoisotopic (exact) mass is 616 g/mol. The molecule has 1 aliphatic rings. The second-order valence-electron chi connectivity index (χ2n) is 11.2. The lowest BCUT2D eigenvalue weighted by molar-refractivity contribution is -0.149. The van der Waals surface area contributed by atoms with Crippen molar-refractivity contribution < 1.29 is 32.7 Å². The number of imidazole rings is 1. The number of aromatic nitrogens is 4. The number of hydrogen-bond donors (Lipinski definition) is 3. The molecule has 0 spiro atoms. The van der Waals surface area contributed by atoms with Crippen molar-refractivity contribution in [2.24, 2.45) is 17.3 Å². The fraction of sp³-hybridized carbons (Fsp3) is 0.464. The van der Waals surface area contributed by atoms with Crippen LogP contribution in [-0.4, -0.2) is 57.8 Å². The number of aromatic amines is 1. The summed E-state index contributed by atoms with van der Waals surface area (Å²) in [4.78, 5) is 47.9. The number of nitrogens with one attached hydrogen (secondary N) is 2. The molecular formula is C28H37N6O8P. The van der Waals surface area contributed by atoms with Gasteiger partial charge >= 0.3 is 19.7 Å². The number of hydrogen-bond acceptors (Lipinski definition) is 11. The van der Waals surface area contributed by atoms with Crippen LogP contribution in [-0.2, 0) is 28.2 Å². The van der Waals surface area contributed by atoms with Crippen LogP contribution in [0.3, 0.4) is 0 Å². The van der Waals surface area contributed by atoms with Crippen LogP contribution in [0.5, 0.6) is 5.75 Å². The molecule has 4 N–H and O–H groups in total. The maximum Gasteiger partial charge on any atom is 0.459 e. The summed E-state index contributed by atoms with van der Waals surface area (Å²) in [5.74, 6) is -1.15. The summed E-state index contributed by atoms with van der Waals surface area (Å²) in [5, 5.41) is 2.77. The van der Waals surface area contributed by atoms with Crippen LogP contribution in [0.4, 0.5) is 5.95 Å². The lowest BCUT2D eigenvalue weighted by Gasteiger charge is -2.26. The van der Waals surface area contributed by atoms with Crippen molar-refractivity contribution in [2.45, 2.75) is 46.6 Å². The molecule has 4 rings (SSSR count). The molecule has 1 saturated carbocycles. The van der Waals surface area contributed by atoms with E-state index < -0.39 is 36.7 Å². The second-order valence-corrected chi connectivity index (χ2v) is 12.9. The Morgan fingerprint density at radius 2 is 1.91 bits per heavy atom. The largest absolute Gasteiger partial charge is 0.468 e. The maximum absolute atomic E-state index is 14.2. The predicted octanol–water partition coefficient (Wildman–Crippen LogP) is 3.51. The van der Waals surface area contributed by atoms with Gasteiger partial charge in [-0.2, -0.15) is 10.1 Å². The first-order chi connectivity index (χ1) is 20.3. The number of H-pyrrole nitrogens is 1. The molecule has 1 aliphatic carbocycles. The molecule has 0 aliphatic heterocycles. The lowest BCUT2D eigenvalue weighted by atomic mass is 10.1. The minimum absolute atomic E-state index is 0.0569. The number of para-hydroxylation sites is 1. The first-order valence-electron chi connectivity index (χ1n) is 13.8. The predicted molar refractivity (Wildman–Crippen MR) is 159 cm³/mol. The normalized spacial score (nSPS) is 19.4. The molecule has 2 aromatic heterocycles. The summed E-state index contributed by atoms with van der Waals surface area (Å²) in [6, 6.07) is 7.44. The van der Waals surface area contributed by atoms with Crippen LogP contribution >= 0.6 is 7.75 Å². The van der Waals surface area contributed by atoms with Gasteiger partial charge in [0.2, 0.25) is 5.95 Å². The van der Waals surface area contributed by atoms with Gasteiger partial charge in [-0.1, -0.05) is 45.9 Å².